The van der Waals surface area contributed by atoms with Gasteiger partial charge in [0.25, 0.3) is 11.7 Å². The van der Waals surface area contributed by atoms with Gasteiger partial charge in [-0.2, -0.15) is 0 Å². The second-order valence-corrected chi connectivity index (χ2v) is 8.97. The number of ketones is 1. The highest BCUT2D eigenvalue weighted by Crippen LogP contribution is 2.27. The van der Waals surface area contributed by atoms with E-state index in [1.165, 1.54) is 24.5 Å². The van der Waals surface area contributed by atoms with Gasteiger partial charge in [0.2, 0.25) is 0 Å². The van der Waals surface area contributed by atoms with Crippen LogP contribution in [-0.2, 0) is 16.1 Å². The number of halogens is 1. The highest BCUT2D eigenvalue weighted by Gasteiger charge is 2.24. The molecule has 188 valence electrons. The Morgan fingerprint density at radius 2 is 1.65 bits per heavy atom. The molecular formula is C28H25FN4O4. The Labute approximate surface area is 212 Å². The molecule has 2 N–H and O–H groups in total. The number of benzene rings is 2. The highest BCUT2D eigenvalue weighted by molar-refractivity contribution is 6.46. The zero-order valence-electron chi connectivity index (χ0n) is 19.9. The van der Waals surface area contributed by atoms with E-state index in [9.17, 15) is 18.8 Å². The summed E-state index contributed by atoms with van der Waals surface area (Å²) >= 11 is 0. The first kappa shape index (κ1) is 24.2. The van der Waals surface area contributed by atoms with Crippen LogP contribution in [0.5, 0.6) is 0 Å². The molecule has 0 atom stereocenters. The number of amides is 2. The lowest BCUT2D eigenvalue weighted by Gasteiger charge is -2.13. The number of Topliss-reactive ketones (excluding diaryl/α,β-unsaturated/α-hetero) is 1. The molecule has 0 spiro atoms. The fourth-order valence-electron chi connectivity index (χ4n) is 4.51. The normalized spacial score (nSPS) is 13.4. The van der Waals surface area contributed by atoms with Gasteiger partial charge in [-0.1, -0.05) is 18.2 Å². The molecule has 0 unspecified atom stereocenters. The minimum absolute atomic E-state index is 0.0748. The van der Waals surface area contributed by atoms with Crippen LogP contribution in [0.2, 0.25) is 0 Å². The van der Waals surface area contributed by atoms with E-state index >= 15 is 0 Å². The fourth-order valence-corrected chi connectivity index (χ4v) is 4.51. The van der Waals surface area contributed by atoms with Gasteiger partial charge in [-0.15, -0.1) is 0 Å². The number of nitrogens with zero attached hydrogens (tertiary/aromatic N) is 2. The SMILES string of the molecule is O=C(Nc1ccc2cc(C(=O)C(=O)Nc3ccncc3)n(Cc3ccc(F)cc3)c2c1)OC1CCCC1. The summed E-state index contributed by atoms with van der Waals surface area (Å²) in [7, 11) is 0. The van der Waals surface area contributed by atoms with Crippen molar-refractivity contribution in [1.29, 1.82) is 0 Å². The maximum Gasteiger partial charge on any atom is 0.411 e. The molecule has 0 bridgehead atoms. The Morgan fingerprint density at radius 3 is 2.38 bits per heavy atom. The molecule has 5 rings (SSSR count). The van der Waals surface area contributed by atoms with E-state index in [4.69, 9.17) is 4.74 Å². The Morgan fingerprint density at radius 1 is 0.919 bits per heavy atom. The van der Waals surface area contributed by atoms with Crippen LogP contribution in [0, 0.1) is 5.82 Å². The number of rotatable bonds is 7. The molecule has 37 heavy (non-hydrogen) atoms. The van der Waals surface area contributed by atoms with Crippen LogP contribution in [0.25, 0.3) is 10.9 Å². The number of hydrogen-bond acceptors (Lipinski definition) is 5. The smallest absolute Gasteiger partial charge is 0.411 e. The van der Waals surface area contributed by atoms with Gasteiger partial charge < -0.3 is 14.6 Å². The summed E-state index contributed by atoms with van der Waals surface area (Å²) in [5.41, 5.74) is 2.47. The Kier molecular flexibility index (Phi) is 6.93. The number of pyridine rings is 1. The van der Waals surface area contributed by atoms with Gasteiger partial charge in [0, 0.05) is 35.7 Å². The van der Waals surface area contributed by atoms with E-state index in [0.717, 1.165) is 31.2 Å². The van der Waals surface area contributed by atoms with E-state index in [1.807, 2.05) is 0 Å². The molecular weight excluding hydrogens is 475 g/mol. The molecule has 1 saturated carbocycles. The largest absolute Gasteiger partial charge is 0.446 e. The van der Waals surface area contributed by atoms with Crippen molar-refractivity contribution < 1.29 is 23.5 Å². The van der Waals surface area contributed by atoms with Crippen LogP contribution in [0.1, 0.15) is 41.7 Å². The van der Waals surface area contributed by atoms with Gasteiger partial charge in [0.05, 0.1) is 11.2 Å². The van der Waals surface area contributed by atoms with E-state index in [2.05, 4.69) is 15.6 Å². The average molecular weight is 501 g/mol. The van der Waals surface area contributed by atoms with Crippen molar-refractivity contribution in [3.8, 4) is 0 Å². The van der Waals surface area contributed by atoms with Crippen molar-refractivity contribution in [2.75, 3.05) is 10.6 Å². The fraction of sp³-hybridized carbons (Fsp3) is 0.214. The second-order valence-electron chi connectivity index (χ2n) is 8.97. The third-order valence-electron chi connectivity index (χ3n) is 6.36. The number of carbonyl (C=O) groups is 3. The van der Waals surface area contributed by atoms with Crippen molar-refractivity contribution >= 4 is 40.1 Å². The summed E-state index contributed by atoms with van der Waals surface area (Å²) in [6, 6.07) is 15.9. The minimum atomic E-state index is -0.798. The topological polar surface area (TPSA) is 102 Å². The summed E-state index contributed by atoms with van der Waals surface area (Å²) < 4.78 is 20.7. The Balaban J connectivity index is 1.46. The number of fused-ring (bicyclic) bond motifs is 1. The zero-order chi connectivity index (χ0) is 25.8. The lowest BCUT2D eigenvalue weighted by molar-refractivity contribution is -0.112. The summed E-state index contributed by atoms with van der Waals surface area (Å²) in [5.74, 6) is -1.90. The Hall–Kier alpha value is -4.53. The number of carbonyl (C=O) groups excluding carboxylic acids is 3. The average Bonchev–Trinajstić information content (AvgIpc) is 3.53. The third-order valence-corrected chi connectivity index (χ3v) is 6.36. The monoisotopic (exact) mass is 500 g/mol. The van der Waals surface area contributed by atoms with Crippen LogP contribution < -0.4 is 10.6 Å². The molecule has 0 aliphatic heterocycles. The van der Waals surface area contributed by atoms with Crippen LogP contribution in [0.4, 0.5) is 20.6 Å². The number of aromatic nitrogens is 2. The summed E-state index contributed by atoms with van der Waals surface area (Å²) in [6.07, 6.45) is 6.24. The third kappa shape index (κ3) is 5.66. The van der Waals surface area contributed by atoms with Crippen LogP contribution in [0.3, 0.4) is 0 Å². The molecule has 1 aliphatic rings. The van der Waals surface area contributed by atoms with Crippen LogP contribution in [0.15, 0.2) is 73.1 Å². The molecule has 2 heterocycles. The van der Waals surface area contributed by atoms with Gasteiger partial charge >= 0.3 is 6.09 Å². The van der Waals surface area contributed by atoms with E-state index in [1.54, 1.807) is 53.1 Å². The van der Waals surface area contributed by atoms with Gasteiger partial charge in [-0.25, -0.2) is 9.18 Å². The summed E-state index contributed by atoms with van der Waals surface area (Å²) in [4.78, 5) is 42.3. The number of anilines is 2. The van der Waals surface area contributed by atoms with Crippen LogP contribution >= 0.6 is 0 Å². The molecule has 0 radical (unpaired) electrons. The molecule has 2 aromatic heterocycles. The molecule has 2 amide bonds. The predicted molar refractivity (Wildman–Crippen MR) is 137 cm³/mol. The molecule has 1 fully saturated rings. The standard InChI is InChI=1S/C28H25FN4O4/c29-20-8-5-18(6-9-20)17-33-24-16-22(32-28(36)37-23-3-1-2-4-23)10-7-19(24)15-25(33)26(34)27(35)31-21-11-13-30-14-12-21/h5-16,23H,1-4,17H2,(H,32,36)(H,30,31,35). The van der Waals surface area contributed by atoms with E-state index < -0.39 is 17.8 Å². The number of hydrogen-bond donors (Lipinski definition) is 2. The van der Waals surface area contributed by atoms with E-state index in [-0.39, 0.29) is 24.2 Å². The molecule has 8 nitrogen and oxygen atoms in total. The number of nitrogens with one attached hydrogen (secondary N) is 2. The van der Waals surface area contributed by atoms with Crippen molar-refractivity contribution in [2.45, 2.75) is 38.3 Å². The minimum Gasteiger partial charge on any atom is -0.446 e. The predicted octanol–water partition coefficient (Wildman–Crippen LogP) is 5.54. The van der Waals surface area contributed by atoms with Crippen molar-refractivity contribution in [3.05, 3.63) is 90.1 Å². The first-order valence-corrected chi connectivity index (χ1v) is 12.1. The summed E-state index contributed by atoms with van der Waals surface area (Å²) in [6.45, 7) is 0.212. The highest BCUT2D eigenvalue weighted by atomic mass is 19.1. The van der Waals surface area contributed by atoms with Crippen LogP contribution in [-0.4, -0.2) is 33.4 Å². The lowest BCUT2D eigenvalue weighted by Crippen LogP contribution is -2.25. The summed E-state index contributed by atoms with van der Waals surface area (Å²) in [5, 5.41) is 6.05. The maximum atomic E-state index is 13.5. The van der Waals surface area contributed by atoms with E-state index in [0.29, 0.717) is 22.3 Å². The first-order valence-electron chi connectivity index (χ1n) is 12.1. The number of ether oxygens (including phenoxy) is 1. The maximum absolute atomic E-state index is 13.5. The second kappa shape index (κ2) is 10.6. The van der Waals surface area contributed by atoms with Crippen molar-refractivity contribution in [3.63, 3.8) is 0 Å². The van der Waals surface area contributed by atoms with Crippen molar-refractivity contribution in [2.24, 2.45) is 0 Å². The Bertz CT molecular complexity index is 1440. The molecule has 0 saturated heterocycles. The molecule has 2 aromatic carbocycles. The van der Waals surface area contributed by atoms with Gasteiger partial charge in [0.15, 0.2) is 0 Å². The van der Waals surface area contributed by atoms with Gasteiger partial charge in [0.1, 0.15) is 11.9 Å². The quantitative estimate of drug-likeness (QED) is 0.256. The molecule has 1 aliphatic carbocycles. The molecule has 9 heteroatoms. The lowest BCUT2D eigenvalue weighted by atomic mass is 10.2. The van der Waals surface area contributed by atoms with Crippen molar-refractivity contribution in [1.82, 2.24) is 9.55 Å². The van der Waals surface area contributed by atoms with Gasteiger partial charge in [-0.05, 0) is 73.7 Å². The zero-order valence-corrected chi connectivity index (χ0v) is 19.9. The van der Waals surface area contributed by atoms with Gasteiger partial charge in [-0.3, -0.25) is 19.9 Å². The molecule has 4 aromatic rings. The first-order chi connectivity index (χ1) is 18.0.